The van der Waals surface area contributed by atoms with Gasteiger partial charge in [-0.25, -0.2) is 0 Å². The fourth-order valence-electron chi connectivity index (χ4n) is 1.49. The fraction of sp³-hybridized carbons (Fsp3) is 0.556. The highest BCUT2D eigenvalue weighted by atomic mass is 16.5. The van der Waals surface area contributed by atoms with Crippen LogP contribution in [0.4, 0.5) is 0 Å². The van der Waals surface area contributed by atoms with Gasteiger partial charge in [0.25, 0.3) is 0 Å². The highest BCUT2D eigenvalue weighted by Gasteiger charge is 2.31. The molecular formula is C9H12O4. The standard InChI is InChI=1S/C9H12O4/c1-13-9(12)7(8(10)11)6-4-2-3-5-6/h4,7H,2-3,5H2,1H3,(H,10,11). The van der Waals surface area contributed by atoms with E-state index in [-0.39, 0.29) is 0 Å². The summed E-state index contributed by atoms with van der Waals surface area (Å²) >= 11 is 0. The van der Waals surface area contributed by atoms with E-state index in [0.29, 0.717) is 12.0 Å². The van der Waals surface area contributed by atoms with Crippen LogP contribution in [0.3, 0.4) is 0 Å². The molecule has 1 rings (SSSR count). The third-order valence-corrected chi connectivity index (χ3v) is 2.13. The molecule has 0 aliphatic heterocycles. The molecule has 0 spiro atoms. The Morgan fingerprint density at radius 3 is 2.69 bits per heavy atom. The van der Waals surface area contributed by atoms with Crippen LogP contribution in [0.2, 0.25) is 0 Å². The van der Waals surface area contributed by atoms with E-state index < -0.39 is 17.9 Å². The first-order valence-corrected chi connectivity index (χ1v) is 4.16. The van der Waals surface area contributed by atoms with Crippen molar-refractivity contribution >= 4 is 11.9 Å². The van der Waals surface area contributed by atoms with Gasteiger partial charge in [-0.3, -0.25) is 9.59 Å². The van der Waals surface area contributed by atoms with Crippen LogP contribution in [0.25, 0.3) is 0 Å². The summed E-state index contributed by atoms with van der Waals surface area (Å²) in [7, 11) is 1.20. The van der Waals surface area contributed by atoms with Gasteiger partial charge in [0, 0.05) is 0 Å². The third kappa shape index (κ3) is 2.08. The predicted octanol–water partition coefficient (Wildman–Crippen LogP) is 0.970. The lowest BCUT2D eigenvalue weighted by Crippen LogP contribution is -2.26. The van der Waals surface area contributed by atoms with Crippen LogP contribution in [-0.4, -0.2) is 24.2 Å². The molecule has 4 heteroatoms. The van der Waals surface area contributed by atoms with Gasteiger partial charge in [0.15, 0.2) is 5.92 Å². The van der Waals surface area contributed by atoms with Gasteiger partial charge in [-0.2, -0.15) is 0 Å². The lowest BCUT2D eigenvalue weighted by Gasteiger charge is -2.10. The summed E-state index contributed by atoms with van der Waals surface area (Å²) < 4.78 is 4.43. The molecule has 0 saturated carbocycles. The van der Waals surface area contributed by atoms with Gasteiger partial charge in [0.1, 0.15) is 0 Å². The van der Waals surface area contributed by atoms with Crippen LogP contribution in [0.15, 0.2) is 11.6 Å². The highest BCUT2D eigenvalue weighted by Crippen LogP contribution is 2.26. The Kier molecular flexibility index (Phi) is 3.06. The molecule has 1 aliphatic carbocycles. The Labute approximate surface area is 76.2 Å². The molecule has 0 aromatic heterocycles. The number of carboxylic acids is 1. The van der Waals surface area contributed by atoms with Crippen molar-refractivity contribution in [3.63, 3.8) is 0 Å². The molecule has 1 aliphatic rings. The first-order valence-electron chi connectivity index (χ1n) is 4.16. The van der Waals surface area contributed by atoms with Gasteiger partial charge < -0.3 is 9.84 Å². The van der Waals surface area contributed by atoms with E-state index in [1.807, 2.05) is 6.08 Å². The normalized spacial score (nSPS) is 17.8. The lowest BCUT2D eigenvalue weighted by molar-refractivity contribution is -0.154. The van der Waals surface area contributed by atoms with Crippen molar-refractivity contribution in [3.05, 3.63) is 11.6 Å². The van der Waals surface area contributed by atoms with Crippen LogP contribution in [0.5, 0.6) is 0 Å². The maximum atomic E-state index is 11.1. The molecule has 72 valence electrons. The molecule has 4 nitrogen and oxygen atoms in total. The number of carbonyl (C=O) groups is 2. The first-order chi connectivity index (χ1) is 6.16. The molecule has 0 fully saturated rings. The molecule has 0 aromatic carbocycles. The Balaban J connectivity index is 2.78. The number of aliphatic carboxylic acids is 1. The predicted molar refractivity (Wildman–Crippen MR) is 45.1 cm³/mol. The SMILES string of the molecule is COC(=O)C(C(=O)O)C1=CCCC1. The van der Waals surface area contributed by atoms with Crippen LogP contribution < -0.4 is 0 Å². The van der Waals surface area contributed by atoms with E-state index in [1.165, 1.54) is 7.11 Å². The van der Waals surface area contributed by atoms with Gasteiger partial charge in [-0.05, 0) is 24.8 Å². The number of rotatable bonds is 3. The van der Waals surface area contributed by atoms with Gasteiger partial charge in [-0.1, -0.05) is 6.08 Å². The van der Waals surface area contributed by atoms with Gasteiger partial charge in [0.05, 0.1) is 7.11 Å². The number of hydrogen-bond acceptors (Lipinski definition) is 3. The first kappa shape index (κ1) is 9.77. The molecule has 0 radical (unpaired) electrons. The maximum Gasteiger partial charge on any atom is 0.324 e. The summed E-state index contributed by atoms with van der Waals surface area (Å²) in [6, 6.07) is 0. The number of hydrogen-bond donors (Lipinski definition) is 1. The molecule has 0 amide bonds. The topological polar surface area (TPSA) is 63.6 Å². The molecule has 1 N–H and O–H groups in total. The number of ether oxygens (including phenoxy) is 1. The van der Waals surface area contributed by atoms with Crippen molar-refractivity contribution < 1.29 is 19.4 Å². The Hall–Kier alpha value is -1.32. The minimum Gasteiger partial charge on any atom is -0.480 e. The molecule has 1 unspecified atom stereocenters. The lowest BCUT2D eigenvalue weighted by atomic mass is 9.99. The average Bonchev–Trinajstić information content (AvgIpc) is 2.56. The number of esters is 1. The monoisotopic (exact) mass is 184 g/mol. The quantitative estimate of drug-likeness (QED) is 0.403. The average molecular weight is 184 g/mol. The smallest absolute Gasteiger partial charge is 0.324 e. The maximum absolute atomic E-state index is 11.1. The van der Waals surface area contributed by atoms with Gasteiger partial charge in [0.2, 0.25) is 0 Å². The minimum absolute atomic E-state index is 0.680. The number of methoxy groups -OCH3 is 1. The fourth-order valence-corrected chi connectivity index (χ4v) is 1.49. The minimum atomic E-state index is -1.12. The Morgan fingerprint density at radius 2 is 2.31 bits per heavy atom. The van der Waals surface area contributed by atoms with Crippen molar-refractivity contribution in [1.29, 1.82) is 0 Å². The summed E-state index contributed by atoms with van der Waals surface area (Å²) in [5, 5.41) is 8.79. The second kappa shape index (κ2) is 4.07. The summed E-state index contributed by atoms with van der Waals surface area (Å²) in [5.41, 5.74) is 0.680. The van der Waals surface area contributed by atoms with Gasteiger partial charge in [-0.15, -0.1) is 0 Å². The van der Waals surface area contributed by atoms with Crippen molar-refractivity contribution in [1.82, 2.24) is 0 Å². The Bertz CT molecular complexity index is 254. The van der Waals surface area contributed by atoms with E-state index in [9.17, 15) is 9.59 Å². The highest BCUT2D eigenvalue weighted by molar-refractivity contribution is 5.97. The van der Waals surface area contributed by atoms with E-state index in [0.717, 1.165) is 12.8 Å². The van der Waals surface area contributed by atoms with Crippen LogP contribution >= 0.6 is 0 Å². The largest absolute Gasteiger partial charge is 0.480 e. The van der Waals surface area contributed by atoms with Crippen molar-refractivity contribution in [2.24, 2.45) is 5.92 Å². The summed E-state index contributed by atoms with van der Waals surface area (Å²) in [5.74, 6) is -2.90. The summed E-state index contributed by atoms with van der Waals surface area (Å²) in [4.78, 5) is 21.8. The van der Waals surface area contributed by atoms with E-state index in [2.05, 4.69) is 4.74 Å². The zero-order valence-electron chi connectivity index (χ0n) is 7.45. The van der Waals surface area contributed by atoms with Crippen LogP contribution in [-0.2, 0) is 14.3 Å². The summed E-state index contributed by atoms with van der Waals surface area (Å²) in [6.07, 6.45) is 4.29. The van der Waals surface area contributed by atoms with E-state index in [4.69, 9.17) is 5.11 Å². The Morgan fingerprint density at radius 1 is 1.62 bits per heavy atom. The van der Waals surface area contributed by atoms with Crippen LogP contribution in [0.1, 0.15) is 19.3 Å². The summed E-state index contributed by atoms with van der Waals surface area (Å²) in [6.45, 7) is 0. The molecule has 0 bridgehead atoms. The number of allylic oxidation sites excluding steroid dienone is 1. The molecule has 1 atom stereocenters. The third-order valence-electron chi connectivity index (χ3n) is 2.13. The molecule has 0 saturated heterocycles. The number of carbonyl (C=O) groups excluding carboxylic acids is 1. The molecule has 13 heavy (non-hydrogen) atoms. The van der Waals surface area contributed by atoms with Crippen molar-refractivity contribution in [2.45, 2.75) is 19.3 Å². The van der Waals surface area contributed by atoms with Gasteiger partial charge >= 0.3 is 11.9 Å². The molecule has 0 heterocycles. The van der Waals surface area contributed by atoms with Crippen molar-refractivity contribution in [3.8, 4) is 0 Å². The van der Waals surface area contributed by atoms with Crippen LogP contribution in [0, 0.1) is 5.92 Å². The molecular weight excluding hydrogens is 172 g/mol. The second-order valence-corrected chi connectivity index (χ2v) is 2.97. The molecule has 0 aromatic rings. The number of carboxylic acid groups (broad SMARTS) is 1. The van der Waals surface area contributed by atoms with E-state index >= 15 is 0 Å². The zero-order chi connectivity index (χ0) is 9.84. The zero-order valence-corrected chi connectivity index (χ0v) is 7.45. The second-order valence-electron chi connectivity index (χ2n) is 2.97. The van der Waals surface area contributed by atoms with E-state index in [1.54, 1.807) is 0 Å². The van der Waals surface area contributed by atoms with Crippen molar-refractivity contribution in [2.75, 3.05) is 7.11 Å².